The van der Waals surface area contributed by atoms with Crippen LogP contribution in [0.5, 0.6) is 5.75 Å². The second-order valence-corrected chi connectivity index (χ2v) is 5.17. The Kier molecular flexibility index (Phi) is 2.92. The summed E-state index contributed by atoms with van der Waals surface area (Å²) in [5.41, 5.74) is 2.27. The van der Waals surface area contributed by atoms with Crippen LogP contribution in [-0.4, -0.2) is 29.2 Å². The fraction of sp³-hybridized carbons (Fsp3) is 0.176. The molecule has 2 aromatic heterocycles. The van der Waals surface area contributed by atoms with E-state index >= 15 is 0 Å². The Labute approximate surface area is 123 Å². The van der Waals surface area contributed by atoms with Crippen molar-refractivity contribution in [2.75, 3.05) is 18.0 Å². The van der Waals surface area contributed by atoms with E-state index in [9.17, 15) is 0 Å². The largest absolute Gasteiger partial charge is 0.487 e. The highest BCUT2D eigenvalue weighted by Gasteiger charge is 2.29. The molecular weight excluding hydrogens is 262 g/mol. The number of fused-ring (bicyclic) bond motifs is 1. The lowest BCUT2D eigenvalue weighted by atomic mass is 10.1. The van der Waals surface area contributed by atoms with E-state index in [0.717, 1.165) is 24.4 Å². The average molecular weight is 277 g/mol. The first kappa shape index (κ1) is 12.1. The third kappa shape index (κ3) is 2.29. The van der Waals surface area contributed by atoms with E-state index in [1.807, 2.05) is 30.5 Å². The maximum atomic E-state index is 5.92. The second-order valence-electron chi connectivity index (χ2n) is 5.17. The molecule has 0 aliphatic carbocycles. The number of rotatable bonds is 3. The molecule has 4 rings (SSSR count). The lowest BCUT2D eigenvalue weighted by Crippen LogP contribution is -2.54. The van der Waals surface area contributed by atoms with Crippen LogP contribution in [0.25, 0.3) is 10.9 Å². The Bertz CT molecular complexity index is 749. The summed E-state index contributed by atoms with van der Waals surface area (Å²) in [6, 6.07) is 14.1. The van der Waals surface area contributed by atoms with E-state index in [2.05, 4.69) is 33.1 Å². The molecule has 3 aromatic rings. The van der Waals surface area contributed by atoms with Crippen LogP contribution < -0.4 is 9.64 Å². The molecule has 0 amide bonds. The standard InChI is InChI=1S/C17H15N3O/c1-2-4-16-15(3-1)17(7-10-19-16)20-11-14(12-20)21-13-5-8-18-9-6-13/h1-10,14H,11-12H2. The molecule has 0 radical (unpaired) electrons. The zero-order valence-corrected chi connectivity index (χ0v) is 11.5. The van der Waals surface area contributed by atoms with Gasteiger partial charge in [-0.3, -0.25) is 9.97 Å². The van der Waals surface area contributed by atoms with Crippen molar-refractivity contribution in [2.45, 2.75) is 6.10 Å². The molecule has 1 aliphatic rings. The molecule has 3 heterocycles. The highest BCUT2D eigenvalue weighted by molar-refractivity contribution is 5.91. The number of nitrogens with zero attached hydrogens (tertiary/aromatic N) is 3. The summed E-state index contributed by atoms with van der Waals surface area (Å²) in [5, 5.41) is 1.20. The van der Waals surface area contributed by atoms with Gasteiger partial charge in [0.15, 0.2) is 0 Å². The predicted molar refractivity (Wildman–Crippen MR) is 82.6 cm³/mol. The predicted octanol–water partition coefficient (Wildman–Crippen LogP) is 2.90. The van der Waals surface area contributed by atoms with Crippen molar-refractivity contribution in [3.63, 3.8) is 0 Å². The minimum absolute atomic E-state index is 0.235. The maximum Gasteiger partial charge on any atom is 0.133 e. The highest BCUT2D eigenvalue weighted by Crippen LogP contribution is 2.29. The van der Waals surface area contributed by atoms with Gasteiger partial charge in [-0.05, 0) is 24.3 Å². The van der Waals surface area contributed by atoms with Crippen LogP contribution in [0.4, 0.5) is 5.69 Å². The molecule has 0 atom stereocenters. The van der Waals surface area contributed by atoms with Gasteiger partial charge in [-0.1, -0.05) is 18.2 Å². The van der Waals surface area contributed by atoms with Crippen LogP contribution in [0.3, 0.4) is 0 Å². The first-order valence-corrected chi connectivity index (χ1v) is 7.05. The monoisotopic (exact) mass is 277 g/mol. The number of benzene rings is 1. The minimum Gasteiger partial charge on any atom is -0.487 e. The van der Waals surface area contributed by atoms with E-state index < -0.39 is 0 Å². The Morgan fingerprint density at radius 2 is 1.76 bits per heavy atom. The molecule has 4 heteroatoms. The molecule has 1 aromatic carbocycles. The number of aromatic nitrogens is 2. The fourth-order valence-corrected chi connectivity index (χ4v) is 2.68. The van der Waals surface area contributed by atoms with E-state index in [0.29, 0.717) is 0 Å². The number of ether oxygens (including phenoxy) is 1. The Morgan fingerprint density at radius 3 is 2.62 bits per heavy atom. The van der Waals surface area contributed by atoms with Crippen molar-refractivity contribution in [1.82, 2.24) is 9.97 Å². The molecule has 0 unspecified atom stereocenters. The van der Waals surface area contributed by atoms with E-state index in [4.69, 9.17) is 4.74 Å². The summed E-state index contributed by atoms with van der Waals surface area (Å²) >= 11 is 0. The van der Waals surface area contributed by atoms with Gasteiger partial charge < -0.3 is 9.64 Å². The molecule has 0 bridgehead atoms. The Hall–Kier alpha value is -2.62. The molecule has 0 saturated carbocycles. The average Bonchev–Trinajstić information content (AvgIpc) is 2.51. The summed E-state index contributed by atoms with van der Waals surface area (Å²) in [6.45, 7) is 1.80. The molecular formula is C17H15N3O. The topological polar surface area (TPSA) is 38.2 Å². The van der Waals surface area contributed by atoms with Gasteiger partial charge >= 0.3 is 0 Å². The lowest BCUT2D eigenvalue weighted by Gasteiger charge is -2.41. The molecule has 104 valence electrons. The number of pyridine rings is 2. The SMILES string of the molecule is c1ccc2c(N3CC(Oc4ccncc4)C3)ccnc2c1. The van der Waals surface area contributed by atoms with Gasteiger partial charge in [0, 0.05) is 29.7 Å². The summed E-state index contributed by atoms with van der Waals surface area (Å²) in [5.74, 6) is 0.884. The van der Waals surface area contributed by atoms with E-state index in [-0.39, 0.29) is 6.10 Å². The van der Waals surface area contributed by atoms with E-state index in [1.165, 1.54) is 11.1 Å². The molecule has 1 saturated heterocycles. The van der Waals surface area contributed by atoms with Crippen molar-refractivity contribution >= 4 is 16.6 Å². The number of hydrogen-bond donors (Lipinski definition) is 0. The Balaban J connectivity index is 1.50. The lowest BCUT2D eigenvalue weighted by molar-refractivity contribution is 0.167. The summed E-state index contributed by atoms with van der Waals surface area (Å²) in [6.07, 6.45) is 5.61. The van der Waals surface area contributed by atoms with Gasteiger partial charge in [-0.2, -0.15) is 0 Å². The third-order valence-corrected chi connectivity index (χ3v) is 3.77. The minimum atomic E-state index is 0.235. The number of hydrogen-bond acceptors (Lipinski definition) is 4. The number of para-hydroxylation sites is 1. The highest BCUT2D eigenvalue weighted by atomic mass is 16.5. The van der Waals surface area contributed by atoms with Crippen LogP contribution in [-0.2, 0) is 0 Å². The van der Waals surface area contributed by atoms with Crippen molar-refractivity contribution in [3.8, 4) is 5.75 Å². The van der Waals surface area contributed by atoms with Crippen molar-refractivity contribution in [2.24, 2.45) is 0 Å². The van der Waals surface area contributed by atoms with Crippen molar-refractivity contribution in [3.05, 3.63) is 61.1 Å². The molecule has 1 fully saturated rings. The van der Waals surface area contributed by atoms with Crippen molar-refractivity contribution in [1.29, 1.82) is 0 Å². The van der Waals surface area contributed by atoms with Gasteiger partial charge in [0.25, 0.3) is 0 Å². The van der Waals surface area contributed by atoms with Gasteiger partial charge in [-0.25, -0.2) is 0 Å². The van der Waals surface area contributed by atoms with E-state index in [1.54, 1.807) is 12.4 Å². The third-order valence-electron chi connectivity index (χ3n) is 3.77. The smallest absolute Gasteiger partial charge is 0.133 e. The van der Waals surface area contributed by atoms with Gasteiger partial charge in [0.1, 0.15) is 11.9 Å². The first-order valence-electron chi connectivity index (χ1n) is 7.05. The zero-order chi connectivity index (χ0) is 14.1. The van der Waals surface area contributed by atoms with Crippen LogP contribution >= 0.6 is 0 Å². The molecule has 0 N–H and O–H groups in total. The number of anilines is 1. The molecule has 21 heavy (non-hydrogen) atoms. The molecule has 0 spiro atoms. The van der Waals surface area contributed by atoms with Gasteiger partial charge in [0.2, 0.25) is 0 Å². The van der Waals surface area contributed by atoms with Gasteiger partial charge in [0.05, 0.1) is 18.6 Å². The van der Waals surface area contributed by atoms with Crippen LogP contribution in [0.15, 0.2) is 61.1 Å². The summed E-state index contributed by atoms with van der Waals surface area (Å²) in [7, 11) is 0. The second kappa shape index (κ2) is 5.05. The van der Waals surface area contributed by atoms with Crippen LogP contribution in [0.1, 0.15) is 0 Å². The zero-order valence-electron chi connectivity index (χ0n) is 11.5. The Morgan fingerprint density at radius 1 is 0.952 bits per heavy atom. The normalized spacial score (nSPS) is 15.0. The first-order chi connectivity index (χ1) is 10.4. The van der Waals surface area contributed by atoms with Crippen LogP contribution in [0.2, 0.25) is 0 Å². The maximum absolute atomic E-state index is 5.92. The quantitative estimate of drug-likeness (QED) is 0.738. The summed E-state index contributed by atoms with van der Waals surface area (Å²) in [4.78, 5) is 10.7. The fourth-order valence-electron chi connectivity index (χ4n) is 2.68. The van der Waals surface area contributed by atoms with Gasteiger partial charge in [-0.15, -0.1) is 0 Å². The van der Waals surface area contributed by atoms with Crippen LogP contribution in [0, 0.1) is 0 Å². The summed E-state index contributed by atoms with van der Waals surface area (Å²) < 4.78 is 5.92. The molecule has 4 nitrogen and oxygen atoms in total. The van der Waals surface area contributed by atoms with Crippen molar-refractivity contribution < 1.29 is 4.74 Å². The molecule has 1 aliphatic heterocycles.